The molecule has 0 saturated heterocycles. The molecule has 1 atom stereocenters. The van der Waals surface area contributed by atoms with Crippen molar-refractivity contribution in [2.75, 3.05) is 0 Å². The largest absolute Gasteiger partial charge is 0.351 e. The maximum Gasteiger partial charge on any atom is 0.228 e. The Morgan fingerprint density at radius 3 is 2.96 bits per heavy atom. The lowest BCUT2D eigenvalue weighted by Gasteiger charge is -2.14. The molecule has 1 heterocycles. The van der Waals surface area contributed by atoms with Crippen LogP contribution in [0.2, 0.25) is 10.0 Å². The third kappa shape index (κ3) is 3.12. The molecule has 0 radical (unpaired) electrons. The summed E-state index contributed by atoms with van der Waals surface area (Å²) in [5, 5.41) is 4.12. The van der Waals surface area contributed by atoms with Crippen molar-refractivity contribution >= 4 is 34.7 Å². The molecule has 0 saturated carbocycles. The normalized spacial score (nSPS) is 16.3. The lowest BCUT2D eigenvalue weighted by Crippen LogP contribution is -2.28. The number of rotatable bonds is 3. The van der Waals surface area contributed by atoms with E-state index in [2.05, 4.69) is 16.9 Å². The van der Waals surface area contributed by atoms with Crippen LogP contribution in [0.15, 0.2) is 37.0 Å². The number of allylic oxidation sites excluding steroid dienone is 1. The zero-order chi connectivity index (χ0) is 16.6. The first-order valence-electron chi connectivity index (χ1n) is 7.32. The zero-order valence-electron chi connectivity index (χ0n) is 12.7. The Kier molecular flexibility index (Phi) is 4.42. The topological polar surface area (TPSA) is 42.0 Å². The molecule has 5 heteroatoms. The van der Waals surface area contributed by atoms with Crippen molar-refractivity contribution in [2.45, 2.75) is 25.8 Å². The maximum absolute atomic E-state index is 12.6. The predicted molar refractivity (Wildman–Crippen MR) is 93.7 cm³/mol. The number of hydrogen-bond donors (Lipinski definition) is 1. The highest BCUT2D eigenvalue weighted by atomic mass is 35.5. The second-order valence-corrected chi connectivity index (χ2v) is 6.55. The van der Waals surface area contributed by atoms with Crippen molar-refractivity contribution in [3.8, 4) is 0 Å². The number of nitrogens with zero attached hydrogens (tertiary/aromatic N) is 1. The van der Waals surface area contributed by atoms with Crippen LogP contribution in [0.1, 0.15) is 34.7 Å². The van der Waals surface area contributed by atoms with Crippen molar-refractivity contribution in [2.24, 2.45) is 0 Å². The quantitative estimate of drug-likeness (QED) is 0.887. The number of carbonyl (C=O) groups is 1. The molecule has 1 aromatic carbocycles. The van der Waals surface area contributed by atoms with Gasteiger partial charge >= 0.3 is 0 Å². The van der Waals surface area contributed by atoms with Crippen LogP contribution in [-0.4, -0.2) is 10.9 Å². The Bertz CT molecular complexity index is 778. The number of nitrogens with one attached hydrogen (secondary N) is 1. The molecule has 118 valence electrons. The highest BCUT2D eigenvalue weighted by molar-refractivity contribution is 6.35. The van der Waals surface area contributed by atoms with Crippen LogP contribution < -0.4 is 5.32 Å². The molecule has 1 aromatic heterocycles. The van der Waals surface area contributed by atoms with E-state index >= 15 is 0 Å². The average Bonchev–Trinajstić information content (AvgIpc) is 2.84. The number of hydrogen-bond acceptors (Lipinski definition) is 2. The van der Waals surface area contributed by atoms with E-state index in [1.165, 1.54) is 0 Å². The molecule has 2 aromatic rings. The van der Waals surface area contributed by atoms with Gasteiger partial charge in [0.15, 0.2) is 0 Å². The van der Waals surface area contributed by atoms with Crippen LogP contribution in [0, 0.1) is 6.92 Å². The summed E-state index contributed by atoms with van der Waals surface area (Å²) >= 11 is 12.2. The number of fused-ring (bicyclic) bond motifs is 1. The molecule has 1 N–H and O–H groups in total. The smallest absolute Gasteiger partial charge is 0.228 e. The minimum Gasteiger partial charge on any atom is -0.351 e. The van der Waals surface area contributed by atoms with E-state index in [-0.39, 0.29) is 11.8 Å². The molecule has 0 aliphatic heterocycles. The minimum absolute atomic E-state index is 0.0386. The van der Waals surface area contributed by atoms with Gasteiger partial charge in [-0.2, -0.15) is 0 Å². The van der Waals surface area contributed by atoms with Crippen LogP contribution in [0.5, 0.6) is 0 Å². The summed E-state index contributed by atoms with van der Waals surface area (Å²) < 4.78 is 0. The predicted octanol–water partition coefficient (Wildman–Crippen LogP) is 4.51. The molecule has 0 bridgehead atoms. The average molecular weight is 347 g/mol. The van der Waals surface area contributed by atoms with Gasteiger partial charge in [-0.15, -0.1) is 0 Å². The number of amides is 1. The van der Waals surface area contributed by atoms with Crippen LogP contribution in [0.4, 0.5) is 0 Å². The molecular formula is C18H16Cl2N2O. The highest BCUT2D eigenvalue weighted by Gasteiger charge is 2.31. The lowest BCUT2D eigenvalue weighted by atomic mass is 10.0. The first-order valence-corrected chi connectivity index (χ1v) is 8.08. The summed E-state index contributed by atoms with van der Waals surface area (Å²) in [7, 11) is 0. The third-order valence-corrected chi connectivity index (χ3v) is 4.69. The molecule has 3 nitrogen and oxygen atoms in total. The number of aryl methyl sites for hydroxylation is 1. The number of pyridine rings is 1. The zero-order valence-corrected chi connectivity index (χ0v) is 14.2. The van der Waals surface area contributed by atoms with E-state index in [1.807, 2.05) is 25.1 Å². The summed E-state index contributed by atoms with van der Waals surface area (Å²) in [6.07, 6.45) is 2.33. The van der Waals surface area contributed by atoms with Crippen molar-refractivity contribution in [3.05, 3.63) is 69.5 Å². The van der Waals surface area contributed by atoms with Gasteiger partial charge in [-0.05, 0) is 53.8 Å². The van der Waals surface area contributed by atoms with Gasteiger partial charge in [0.1, 0.15) is 0 Å². The molecular weight excluding hydrogens is 331 g/mol. The Balaban J connectivity index is 1.76. The van der Waals surface area contributed by atoms with Crippen molar-refractivity contribution < 1.29 is 4.79 Å². The molecule has 1 unspecified atom stereocenters. The third-order valence-electron chi connectivity index (χ3n) is 4.14. The second-order valence-electron chi connectivity index (χ2n) is 5.70. The minimum atomic E-state index is -0.238. The fraction of sp³-hybridized carbons (Fsp3) is 0.222. The van der Waals surface area contributed by atoms with Gasteiger partial charge in [0, 0.05) is 22.8 Å². The summed E-state index contributed by atoms with van der Waals surface area (Å²) in [5.41, 5.74) is 4.53. The number of halogens is 2. The molecule has 1 aliphatic carbocycles. The molecule has 0 fully saturated rings. The van der Waals surface area contributed by atoms with E-state index in [0.717, 1.165) is 28.0 Å². The van der Waals surface area contributed by atoms with Gasteiger partial charge in [0.05, 0.1) is 11.6 Å². The van der Waals surface area contributed by atoms with Crippen LogP contribution in [0.3, 0.4) is 0 Å². The molecule has 3 rings (SSSR count). The first-order chi connectivity index (χ1) is 11.0. The van der Waals surface area contributed by atoms with Crippen molar-refractivity contribution in [3.63, 3.8) is 0 Å². The second kappa shape index (κ2) is 6.34. The Morgan fingerprint density at radius 1 is 1.43 bits per heavy atom. The SMILES string of the molecule is C=C1CC(C(=O)NCc2c(C)cc(Cl)cc2Cl)c2cccnc21. The van der Waals surface area contributed by atoms with Crippen molar-refractivity contribution in [1.29, 1.82) is 0 Å². The van der Waals surface area contributed by atoms with E-state index in [0.29, 0.717) is 23.0 Å². The summed E-state index contributed by atoms with van der Waals surface area (Å²) in [4.78, 5) is 16.9. The number of aromatic nitrogens is 1. The maximum atomic E-state index is 12.6. The van der Waals surface area contributed by atoms with E-state index in [1.54, 1.807) is 12.3 Å². The Hall–Kier alpha value is -1.84. The Labute approximate surface area is 145 Å². The summed E-state index contributed by atoms with van der Waals surface area (Å²) in [6.45, 7) is 6.31. The van der Waals surface area contributed by atoms with Crippen molar-refractivity contribution in [1.82, 2.24) is 10.3 Å². The fourth-order valence-corrected chi connectivity index (χ4v) is 3.60. The van der Waals surface area contributed by atoms with Gasteiger partial charge in [-0.1, -0.05) is 35.8 Å². The van der Waals surface area contributed by atoms with E-state index < -0.39 is 0 Å². The monoisotopic (exact) mass is 346 g/mol. The fourth-order valence-electron chi connectivity index (χ4n) is 2.94. The lowest BCUT2D eigenvalue weighted by molar-refractivity contribution is -0.122. The van der Waals surface area contributed by atoms with E-state index in [4.69, 9.17) is 23.2 Å². The molecule has 1 aliphatic rings. The van der Waals surface area contributed by atoms with Crippen LogP contribution in [-0.2, 0) is 11.3 Å². The van der Waals surface area contributed by atoms with Crippen LogP contribution in [0.25, 0.3) is 5.57 Å². The number of carbonyl (C=O) groups excluding carboxylic acids is 1. The van der Waals surface area contributed by atoms with Crippen LogP contribution >= 0.6 is 23.2 Å². The number of benzene rings is 1. The van der Waals surface area contributed by atoms with Gasteiger partial charge in [0.2, 0.25) is 5.91 Å². The molecule has 1 amide bonds. The Morgan fingerprint density at radius 2 is 2.22 bits per heavy atom. The van der Waals surface area contributed by atoms with Gasteiger partial charge in [0.25, 0.3) is 0 Å². The van der Waals surface area contributed by atoms with Gasteiger partial charge < -0.3 is 5.32 Å². The summed E-state index contributed by atoms with van der Waals surface area (Å²) in [5.74, 6) is -0.277. The van der Waals surface area contributed by atoms with E-state index in [9.17, 15) is 4.79 Å². The van der Waals surface area contributed by atoms with Gasteiger partial charge in [-0.3, -0.25) is 9.78 Å². The highest BCUT2D eigenvalue weighted by Crippen LogP contribution is 2.38. The first kappa shape index (κ1) is 16.0. The van der Waals surface area contributed by atoms with Gasteiger partial charge in [-0.25, -0.2) is 0 Å². The molecule has 23 heavy (non-hydrogen) atoms. The summed E-state index contributed by atoms with van der Waals surface area (Å²) in [6, 6.07) is 7.31. The molecule has 0 spiro atoms. The standard InChI is InChI=1S/C18H16Cl2N2O/c1-10-6-12(19)8-16(20)15(10)9-22-18(23)14-7-11(2)17-13(14)4-3-5-21-17/h3-6,8,14H,2,7,9H2,1H3,(H,22,23).